The Balaban J connectivity index is 1.86. The van der Waals surface area contributed by atoms with Gasteiger partial charge in [-0.2, -0.15) is 13.5 Å². The van der Waals surface area contributed by atoms with Crippen LogP contribution >= 0.6 is 0 Å². The number of amidine groups is 1. The number of para-hydroxylation sites is 1. The van der Waals surface area contributed by atoms with Crippen LogP contribution < -0.4 is 5.43 Å². The van der Waals surface area contributed by atoms with Gasteiger partial charge in [-0.3, -0.25) is 9.98 Å². The topological polar surface area (TPSA) is 103 Å². The van der Waals surface area contributed by atoms with Gasteiger partial charge in [0.2, 0.25) is 5.84 Å². The smallest absolute Gasteiger partial charge is 0.282 e. The van der Waals surface area contributed by atoms with Gasteiger partial charge in [-0.1, -0.05) is 48.5 Å². The van der Waals surface area contributed by atoms with Crippen LogP contribution in [0.5, 0.6) is 0 Å². The molecule has 0 saturated heterocycles. The summed E-state index contributed by atoms with van der Waals surface area (Å²) in [4.78, 5) is -0.204. The van der Waals surface area contributed by atoms with Crippen LogP contribution in [0.1, 0.15) is 5.56 Å². The van der Waals surface area contributed by atoms with Crippen LogP contribution in [0.4, 0.5) is 11.4 Å². The monoisotopic (exact) mass is 380 g/mol. The molecule has 3 aromatic rings. The van der Waals surface area contributed by atoms with Crippen LogP contribution in [-0.2, 0) is 10.1 Å². The molecule has 0 radical (unpaired) electrons. The SMILES string of the molecule is O=S(=O)(O)c1ccc(N=NC(=NNc2ccccc2)c2ccccc2)cc1. The van der Waals surface area contributed by atoms with Crippen LogP contribution in [0.25, 0.3) is 0 Å². The van der Waals surface area contributed by atoms with Crippen molar-refractivity contribution in [3.05, 3.63) is 90.5 Å². The molecule has 0 spiro atoms. The predicted molar refractivity (Wildman–Crippen MR) is 104 cm³/mol. The number of hydrazone groups is 1. The first-order chi connectivity index (χ1) is 13.0. The Hall–Kier alpha value is -3.36. The van der Waals surface area contributed by atoms with Crippen LogP contribution in [0, 0.1) is 0 Å². The summed E-state index contributed by atoms with van der Waals surface area (Å²) >= 11 is 0. The lowest BCUT2D eigenvalue weighted by Gasteiger charge is -2.03. The molecule has 0 unspecified atom stereocenters. The molecule has 2 N–H and O–H groups in total. The third-order valence-electron chi connectivity index (χ3n) is 3.49. The first kappa shape index (κ1) is 18.4. The Morgan fingerprint density at radius 1 is 0.815 bits per heavy atom. The molecule has 3 rings (SSSR count). The summed E-state index contributed by atoms with van der Waals surface area (Å²) in [5, 5.41) is 12.6. The van der Waals surface area contributed by atoms with Crippen molar-refractivity contribution < 1.29 is 13.0 Å². The van der Waals surface area contributed by atoms with Gasteiger partial charge >= 0.3 is 0 Å². The van der Waals surface area contributed by atoms with Crippen molar-refractivity contribution >= 4 is 27.3 Å². The third kappa shape index (κ3) is 5.30. The standard InChI is InChI=1S/C19H16N4O3S/c24-27(25,26)18-13-11-17(12-14-18)21-23-19(15-7-3-1-4-8-15)22-20-16-9-5-2-6-10-16/h1-14,20H,(H,24,25,26). The van der Waals surface area contributed by atoms with Crippen LogP contribution in [0.2, 0.25) is 0 Å². The normalized spacial score (nSPS) is 12.3. The number of hydrogen-bond donors (Lipinski definition) is 2. The van der Waals surface area contributed by atoms with E-state index < -0.39 is 10.1 Å². The van der Waals surface area contributed by atoms with Crippen molar-refractivity contribution in [3.8, 4) is 0 Å². The maximum Gasteiger partial charge on any atom is 0.294 e. The first-order valence-electron chi connectivity index (χ1n) is 7.96. The summed E-state index contributed by atoms with van der Waals surface area (Å²) in [6.07, 6.45) is 0. The second kappa shape index (κ2) is 8.35. The second-order valence-corrected chi connectivity index (χ2v) is 6.87. The molecule has 0 aliphatic carbocycles. The highest BCUT2D eigenvalue weighted by Gasteiger charge is 2.08. The average Bonchev–Trinajstić information content (AvgIpc) is 2.69. The second-order valence-electron chi connectivity index (χ2n) is 5.45. The van der Waals surface area contributed by atoms with Crippen LogP contribution in [0.15, 0.2) is 105 Å². The molecule has 3 aromatic carbocycles. The van der Waals surface area contributed by atoms with Gasteiger partial charge in [0.15, 0.2) is 0 Å². The van der Waals surface area contributed by atoms with Crippen molar-refractivity contribution in [2.75, 3.05) is 5.43 Å². The summed E-state index contributed by atoms with van der Waals surface area (Å²) in [6, 6.07) is 24.1. The molecule has 0 aromatic heterocycles. The van der Waals surface area contributed by atoms with Crippen LogP contribution in [0.3, 0.4) is 0 Å². The molecule has 0 saturated carbocycles. The third-order valence-corrected chi connectivity index (χ3v) is 4.36. The molecule has 8 heteroatoms. The lowest BCUT2D eigenvalue weighted by molar-refractivity contribution is 0.483. The zero-order valence-electron chi connectivity index (χ0n) is 14.1. The van der Waals surface area contributed by atoms with Gasteiger partial charge in [0, 0.05) is 5.56 Å². The molecule has 0 heterocycles. The molecule has 0 amide bonds. The predicted octanol–water partition coefficient (Wildman–Crippen LogP) is 4.49. The van der Waals surface area contributed by atoms with E-state index in [-0.39, 0.29) is 4.90 Å². The fourth-order valence-corrected chi connectivity index (χ4v) is 2.63. The van der Waals surface area contributed by atoms with E-state index in [0.717, 1.165) is 11.3 Å². The van der Waals surface area contributed by atoms with E-state index in [9.17, 15) is 8.42 Å². The maximum absolute atomic E-state index is 11.1. The minimum absolute atomic E-state index is 0.204. The van der Waals surface area contributed by atoms with Gasteiger partial charge in [-0.25, -0.2) is 0 Å². The summed E-state index contributed by atoms with van der Waals surface area (Å²) in [5.41, 5.74) is 4.92. The Bertz CT molecular complexity index is 1050. The van der Waals surface area contributed by atoms with Gasteiger partial charge < -0.3 is 0 Å². The van der Waals surface area contributed by atoms with Gasteiger partial charge in [0.1, 0.15) is 0 Å². The quantitative estimate of drug-likeness (QED) is 0.224. The zero-order chi connectivity index (χ0) is 19.1. The molecule has 0 atom stereocenters. The highest BCUT2D eigenvalue weighted by Crippen LogP contribution is 2.17. The number of anilines is 1. The van der Waals surface area contributed by atoms with Crippen molar-refractivity contribution in [2.24, 2.45) is 15.3 Å². The van der Waals surface area contributed by atoms with Gasteiger partial charge in [-0.05, 0) is 36.4 Å². The summed E-state index contributed by atoms with van der Waals surface area (Å²) in [5.74, 6) is 0.360. The fraction of sp³-hybridized carbons (Fsp3) is 0. The summed E-state index contributed by atoms with van der Waals surface area (Å²) in [7, 11) is -4.24. The lowest BCUT2D eigenvalue weighted by atomic mass is 10.2. The van der Waals surface area contributed by atoms with Crippen molar-refractivity contribution in [1.29, 1.82) is 0 Å². The van der Waals surface area contributed by atoms with E-state index in [1.54, 1.807) is 0 Å². The first-order valence-corrected chi connectivity index (χ1v) is 9.40. The average molecular weight is 380 g/mol. The number of nitrogens with zero attached hydrogens (tertiary/aromatic N) is 3. The molecule has 27 heavy (non-hydrogen) atoms. The Morgan fingerprint density at radius 2 is 1.41 bits per heavy atom. The summed E-state index contributed by atoms with van der Waals surface area (Å²) in [6.45, 7) is 0. The number of nitrogens with one attached hydrogen (secondary N) is 1. The van der Waals surface area contributed by atoms with Crippen molar-refractivity contribution in [3.63, 3.8) is 0 Å². The maximum atomic E-state index is 11.1. The number of benzene rings is 3. The molecule has 0 bridgehead atoms. The zero-order valence-corrected chi connectivity index (χ0v) is 14.9. The molecule has 0 aliphatic heterocycles. The van der Waals surface area contributed by atoms with E-state index in [1.807, 2.05) is 60.7 Å². The van der Waals surface area contributed by atoms with E-state index in [2.05, 4.69) is 20.8 Å². The molecule has 7 nitrogen and oxygen atoms in total. The van der Waals surface area contributed by atoms with E-state index in [1.165, 1.54) is 24.3 Å². The van der Waals surface area contributed by atoms with E-state index >= 15 is 0 Å². The molecule has 0 fully saturated rings. The molecular formula is C19H16N4O3S. The Kier molecular flexibility index (Phi) is 5.70. The highest BCUT2D eigenvalue weighted by molar-refractivity contribution is 7.85. The highest BCUT2D eigenvalue weighted by atomic mass is 32.2. The van der Waals surface area contributed by atoms with E-state index in [4.69, 9.17) is 4.55 Å². The minimum atomic E-state index is -4.24. The molecule has 136 valence electrons. The molecular weight excluding hydrogens is 364 g/mol. The summed E-state index contributed by atoms with van der Waals surface area (Å²) < 4.78 is 31.2. The number of hydrogen-bond acceptors (Lipinski definition) is 5. The Labute approximate surface area is 156 Å². The number of rotatable bonds is 5. The van der Waals surface area contributed by atoms with Crippen molar-refractivity contribution in [2.45, 2.75) is 4.90 Å². The van der Waals surface area contributed by atoms with Gasteiger partial charge in [-0.15, -0.1) is 10.2 Å². The molecule has 0 aliphatic rings. The lowest BCUT2D eigenvalue weighted by Crippen LogP contribution is -2.01. The fourth-order valence-electron chi connectivity index (χ4n) is 2.15. The van der Waals surface area contributed by atoms with Crippen molar-refractivity contribution in [1.82, 2.24) is 0 Å². The minimum Gasteiger partial charge on any atom is -0.282 e. The van der Waals surface area contributed by atoms with Gasteiger partial charge in [0.25, 0.3) is 10.1 Å². The Morgan fingerprint density at radius 3 is 2.00 bits per heavy atom. The van der Waals surface area contributed by atoms with E-state index in [0.29, 0.717) is 11.5 Å². The van der Waals surface area contributed by atoms with Gasteiger partial charge in [0.05, 0.1) is 16.3 Å². The largest absolute Gasteiger partial charge is 0.294 e. The van der Waals surface area contributed by atoms with Crippen LogP contribution in [-0.4, -0.2) is 18.8 Å². The number of azo groups is 1.